The summed E-state index contributed by atoms with van der Waals surface area (Å²) in [7, 11) is 0. The van der Waals surface area contributed by atoms with Gasteiger partial charge < -0.3 is 4.98 Å². The Labute approximate surface area is 164 Å². The van der Waals surface area contributed by atoms with Gasteiger partial charge in [0.05, 0.1) is 17.2 Å². The van der Waals surface area contributed by atoms with Crippen LogP contribution in [0.25, 0.3) is 22.4 Å². The number of nitrogens with zero attached hydrogens (tertiary/aromatic N) is 2. The van der Waals surface area contributed by atoms with E-state index in [-0.39, 0.29) is 5.91 Å². The van der Waals surface area contributed by atoms with E-state index in [4.69, 9.17) is 0 Å². The smallest absolute Gasteiger partial charge is 0.271 e. The van der Waals surface area contributed by atoms with E-state index in [9.17, 15) is 4.79 Å². The molecule has 4 aromatic rings. The van der Waals surface area contributed by atoms with Crippen molar-refractivity contribution in [3.63, 3.8) is 0 Å². The van der Waals surface area contributed by atoms with Gasteiger partial charge >= 0.3 is 0 Å². The highest BCUT2D eigenvalue weighted by Crippen LogP contribution is 2.21. The zero-order valence-corrected chi connectivity index (χ0v) is 15.8. The highest BCUT2D eigenvalue weighted by Gasteiger charge is 2.09. The molecule has 0 atom stereocenters. The first-order valence-electron chi connectivity index (χ1n) is 8.33. The third kappa shape index (κ3) is 3.96. The van der Waals surface area contributed by atoms with Crippen LogP contribution in [0.15, 0.2) is 82.4 Å². The van der Waals surface area contributed by atoms with E-state index in [1.54, 1.807) is 18.3 Å². The number of aromatic nitrogens is 2. The molecule has 0 fully saturated rings. The molecule has 0 spiro atoms. The molecule has 1 amide bonds. The summed E-state index contributed by atoms with van der Waals surface area (Å²) in [5, 5.41) is 4.01. The van der Waals surface area contributed by atoms with Crippen molar-refractivity contribution < 1.29 is 4.79 Å². The highest BCUT2D eigenvalue weighted by molar-refractivity contribution is 9.10. The number of aromatic amines is 1. The van der Waals surface area contributed by atoms with Crippen molar-refractivity contribution >= 4 is 39.1 Å². The van der Waals surface area contributed by atoms with Crippen LogP contribution in [0.2, 0.25) is 0 Å². The summed E-state index contributed by atoms with van der Waals surface area (Å²) in [5.41, 5.74) is 6.57. The Bertz CT molecular complexity index is 1120. The highest BCUT2D eigenvalue weighted by atomic mass is 79.9. The number of carbonyl (C=O) groups is 1. The number of hydrazone groups is 1. The number of nitrogens with one attached hydrogen (secondary N) is 2. The summed E-state index contributed by atoms with van der Waals surface area (Å²) >= 11 is 3.38. The van der Waals surface area contributed by atoms with Crippen molar-refractivity contribution in [2.45, 2.75) is 0 Å². The zero-order chi connectivity index (χ0) is 18.6. The predicted octanol–water partition coefficient (Wildman–Crippen LogP) is 4.76. The zero-order valence-electron chi connectivity index (χ0n) is 14.2. The number of hydrogen-bond acceptors (Lipinski definition) is 3. The molecule has 5 nitrogen and oxygen atoms in total. The third-order valence-electron chi connectivity index (χ3n) is 4.04. The van der Waals surface area contributed by atoms with Gasteiger partial charge in [0.25, 0.3) is 5.91 Å². The molecule has 1 aromatic heterocycles. The third-order valence-corrected chi connectivity index (χ3v) is 4.57. The standard InChI is InChI=1S/C21H15BrN4O/c22-17-9-6-14(7-10-17)13-23-26-21(27)16-8-11-18-19(12-16)25-20(24-18)15-4-2-1-3-5-15/h1-13H,(H,24,25)(H,26,27)/b23-13+. The molecule has 27 heavy (non-hydrogen) atoms. The SMILES string of the molecule is O=C(N/N=C/c1ccc(Br)cc1)c1ccc2nc(-c3ccccc3)[nH]c2c1. The van der Waals surface area contributed by atoms with E-state index in [0.29, 0.717) is 5.56 Å². The van der Waals surface area contributed by atoms with Gasteiger partial charge in [0, 0.05) is 15.6 Å². The van der Waals surface area contributed by atoms with Crippen LogP contribution in [0.3, 0.4) is 0 Å². The summed E-state index contributed by atoms with van der Waals surface area (Å²) in [6.45, 7) is 0. The van der Waals surface area contributed by atoms with Crippen LogP contribution in [-0.2, 0) is 0 Å². The maximum Gasteiger partial charge on any atom is 0.271 e. The van der Waals surface area contributed by atoms with Gasteiger partial charge in [-0.25, -0.2) is 10.4 Å². The normalized spacial score (nSPS) is 11.1. The second-order valence-corrected chi connectivity index (χ2v) is 6.85. The lowest BCUT2D eigenvalue weighted by atomic mass is 10.2. The van der Waals surface area contributed by atoms with E-state index >= 15 is 0 Å². The van der Waals surface area contributed by atoms with Gasteiger partial charge in [0.15, 0.2) is 0 Å². The predicted molar refractivity (Wildman–Crippen MR) is 111 cm³/mol. The number of fused-ring (bicyclic) bond motifs is 1. The number of halogens is 1. The Hall–Kier alpha value is -3.25. The molecular formula is C21H15BrN4O. The van der Waals surface area contributed by atoms with Crippen molar-refractivity contribution in [2.75, 3.05) is 0 Å². The lowest BCUT2D eigenvalue weighted by Gasteiger charge is -2.00. The molecule has 0 saturated carbocycles. The minimum absolute atomic E-state index is 0.277. The summed E-state index contributed by atoms with van der Waals surface area (Å²) in [6.07, 6.45) is 1.60. The van der Waals surface area contributed by atoms with Crippen LogP contribution in [0.1, 0.15) is 15.9 Å². The van der Waals surface area contributed by atoms with Crippen molar-refractivity contribution in [3.8, 4) is 11.4 Å². The number of benzene rings is 3. The van der Waals surface area contributed by atoms with Crippen molar-refractivity contribution in [2.24, 2.45) is 5.10 Å². The maximum absolute atomic E-state index is 12.3. The van der Waals surface area contributed by atoms with Gasteiger partial charge in [-0.05, 0) is 35.9 Å². The number of H-pyrrole nitrogens is 1. The van der Waals surface area contributed by atoms with Gasteiger partial charge in [-0.15, -0.1) is 0 Å². The molecule has 132 valence electrons. The largest absolute Gasteiger partial charge is 0.338 e. The van der Waals surface area contributed by atoms with E-state index in [1.165, 1.54) is 0 Å². The van der Waals surface area contributed by atoms with Crippen LogP contribution in [0, 0.1) is 0 Å². The number of imidazole rings is 1. The van der Waals surface area contributed by atoms with E-state index in [2.05, 4.69) is 36.4 Å². The molecule has 4 rings (SSSR count). The van der Waals surface area contributed by atoms with Crippen LogP contribution in [-0.4, -0.2) is 22.1 Å². The first-order chi connectivity index (χ1) is 13.2. The Morgan fingerprint density at radius 3 is 2.59 bits per heavy atom. The maximum atomic E-state index is 12.3. The Morgan fingerprint density at radius 2 is 1.81 bits per heavy atom. The quantitative estimate of drug-likeness (QED) is 0.370. The molecule has 3 aromatic carbocycles. The number of amides is 1. The minimum Gasteiger partial charge on any atom is -0.338 e. The van der Waals surface area contributed by atoms with Gasteiger partial charge in [-0.1, -0.05) is 58.4 Å². The lowest BCUT2D eigenvalue weighted by molar-refractivity contribution is 0.0955. The molecule has 0 radical (unpaired) electrons. The summed E-state index contributed by atoms with van der Waals surface area (Å²) in [5.74, 6) is 0.498. The van der Waals surface area contributed by atoms with Crippen molar-refractivity contribution in [1.29, 1.82) is 0 Å². The van der Waals surface area contributed by atoms with Gasteiger partial charge in [-0.2, -0.15) is 5.10 Å². The van der Waals surface area contributed by atoms with Crippen molar-refractivity contribution in [1.82, 2.24) is 15.4 Å². The van der Waals surface area contributed by atoms with Gasteiger partial charge in [-0.3, -0.25) is 4.79 Å². The second kappa shape index (κ2) is 7.55. The lowest BCUT2D eigenvalue weighted by Crippen LogP contribution is -2.17. The second-order valence-electron chi connectivity index (χ2n) is 5.93. The Morgan fingerprint density at radius 1 is 1.04 bits per heavy atom. The summed E-state index contributed by atoms with van der Waals surface area (Å²) in [4.78, 5) is 20.2. The first kappa shape index (κ1) is 17.2. The minimum atomic E-state index is -0.277. The van der Waals surface area contributed by atoms with Crippen LogP contribution >= 0.6 is 15.9 Å². The first-order valence-corrected chi connectivity index (χ1v) is 9.12. The van der Waals surface area contributed by atoms with Crippen LogP contribution in [0.5, 0.6) is 0 Å². The molecule has 0 saturated heterocycles. The van der Waals surface area contributed by atoms with Gasteiger partial charge in [0.2, 0.25) is 0 Å². The van der Waals surface area contributed by atoms with Gasteiger partial charge in [0.1, 0.15) is 5.82 Å². The number of rotatable bonds is 4. The van der Waals surface area contributed by atoms with E-state index in [0.717, 1.165) is 32.5 Å². The summed E-state index contributed by atoms with van der Waals surface area (Å²) in [6, 6.07) is 22.8. The van der Waals surface area contributed by atoms with Crippen LogP contribution in [0.4, 0.5) is 0 Å². The van der Waals surface area contributed by atoms with E-state index in [1.807, 2.05) is 60.7 Å². The fourth-order valence-electron chi connectivity index (χ4n) is 2.66. The summed E-state index contributed by atoms with van der Waals surface area (Å²) < 4.78 is 0.992. The molecule has 0 bridgehead atoms. The molecule has 0 aliphatic carbocycles. The average Bonchev–Trinajstić information content (AvgIpc) is 3.13. The fraction of sp³-hybridized carbons (Fsp3) is 0. The topological polar surface area (TPSA) is 70.1 Å². The molecule has 1 heterocycles. The fourth-order valence-corrected chi connectivity index (χ4v) is 2.93. The molecule has 2 N–H and O–H groups in total. The van der Waals surface area contributed by atoms with Crippen LogP contribution < -0.4 is 5.43 Å². The molecule has 6 heteroatoms. The number of hydrogen-bond donors (Lipinski definition) is 2. The Kier molecular flexibility index (Phi) is 4.80. The average molecular weight is 419 g/mol. The van der Waals surface area contributed by atoms with Crippen molar-refractivity contribution in [3.05, 3.63) is 88.4 Å². The molecule has 0 aliphatic heterocycles. The molecule has 0 unspecified atom stereocenters. The van der Waals surface area contributed by atoms with E-state index < -0.39 is 0 Å². The molecule has 0 aliphatic rings. The number of carbonyl (C=O) groups excluding carboxylic acids is 1. The monoisotopic (exact) mass is 418 g/mol. The Balaban J connectivity index is 1.51. The molecular weight excluding hydrogens is 404 g/mol.